The highest BCUT2D eigenvalue weighted by Gasteiger charge is 2.15. The smallest absolute Gasteiger partial charge is 0.130 e. The molecule has 0 heterocycles. The largest absolute Gasteiger partial charge is 0.271 e. The van der Waals surface area contributed by atoms with E-state index in [4.69, 9.17) is 5.84 Å². The maximum atomic E-state index is 13.7. The van der Waals surface area contributed by atoms with E-state index in [2.05, 4.69) is 5.43 Å². The molecule has 5 heteroatoms. The van der Waals surface area contributed by atoms with E-state index in [1.165, 1.54) is 12.1 Å². The highest BCUT2D eigenvalue weighted by atomic mass is 32.2. The van der Waals surface area contributed by atoms with Gasteiger partial charge in [-0.05, 0) is 18.2 Å². The van der Waals surface area contributed by atoms with Crippen LogP contribution >= 0.6 is 11.8 Å². The summed E-state index contributed by atoms with van der Waals surface area (Å²) in [6.45, 7) is 0. The van der Waals surface area contributed by atoms with Crippen LogP contribution in [0.2, 0.25) is 0 Å². The van der Waals surface area contributed by atoms with Crippen molar-refractivity contribution in [2.24, 2.45) is 5.84 Å². The van der Waals surface area contributed by atoms with Gasteiger partial charge < -0.3 is 0 Å². The molecule has 1 atom stereocenters. The molecule has 0 bridgehead atoms. The Morgan fingerprint density at radius 1 is 1.11 bits per heavy atom. The van der Waals surface area contributed by atoms with E-state index >= 15 is 0 Å². The number of rotatable bonds is 5. The van der Waals surface area contributed by atoms with Crippen LogP contribution in [0.4, 0.5) is 8.78 Å². The Balaban J connectivity index is 2.08. The molecular weight excluding hydrogens is 266 g/mol. The lowest BCUT2D eigenvalue weighted by molar-refractivity contribution is 0.531. The maximum absolute atomic E-state index is 13.7. The zero-order valence-electron chi connectivity index (χ0n) is 10.1. The van der Waals surface area contributed by atoms with Crippen molar-refractivity contribution in [3.05, 3.63) is 65.7 Å². The van der Waals surface area contributed by atoms with E-state index in [9.17, 15) is 8.78 Å². The first-order valence-electron chi connectivity index (χ1n) is 5.79. The number of hydrazine groups is 1. The van der Waals surface area contributed by atoms with Crippen LogP contribution in [0.25, 0.3) is 0 Å². The second-order valence-electron chi connectivity index (χ2n) is 4.01. The molecule has 0 aromatic heterocycles. The fraction of sp³-hybridized carbons (Fsp3) is 0.143. The summed E-state index contributed by atoms with van der Waals surface area (Å²) in [5.41, 5.74) is 2.93. The molecule has 2 rings (SSSR count). The van der Waals surface area contributed by atoms with Gasteiger partial charge in [-0.25, -0.2) is 8.78 Å². The first-order valence-corrected chi connectivity index (χ1v) is 6.78. The summed E-state index contributed by atoms with van der Waals surface area (Å²) in [6, 6.07) is 12.9. The standard InChI is InChI=1S/C14H14F2N2S/c15-10-6-7-12(13(16)8-10)14(18-17)9-19-11-4-2-1-3-5-11/h1-8,14,18H,9,17H2. The van der Waals surface area contributed by atoms with E-state index in [0.717, 1.165) is 11.0 Å². The second kappa shape index (κ2) is 6.65. The summed E-state index contributed by atoms with van der Waals surface area (Å²) < 4.78 is 26.5. The van der Waals surface area contributed by atoms with Crippen LogP contribution in [-0.4, -0.2) is 5.75 Å². The predicted molar refractivity (Wildman–Crippen MR) is 73.6 cm³/mol. The molecule has 2 aromatic rings. The van der Waals surface area contributed by atoms with Crippen LogP contribution in [0.1, 0.15) is 11.6 Å². The topological polar surface area (TPSA) is 38.0 Å². The molecule has 1 unspecified atom stereocenters. The summed E-state index contributed by atoms with van der Waals surface area (Å²) in [6.07, 6.45) is 0. The van der Waals surface area contributed by atoms with Gasteiger partial charge in [0.15, 0.2) is 0 Å². The summed E-state index contributed by atoms with van der Waals surface area (Å²) >= 11 is 1.56. The molecule has 0 aliphatic heterocycles. The fourth-order valence-corrected chi connectivity index (χ4v) is 2.69. The van der Waals surface area contributed by atoms with E-state index < -0.39 is 11.6 Å². The van der Waals surface area contributed by atoms with Gasteiger partial charge in [-0.3, -0.25) is 11.3 Å². The highest BCUT2D eigenvalue weighted by Crippen LogP contribution is 2.25. The highest BCUT2D eigenvalue weighted by molar-refractivity contribution is 7.99. The van der Waals surface area contributed by atoms with Gasteiger partial charge in [-0.2, -0.15) is 0 Å². The lowest BCUT2D eigenvalue weighted by atomic mass is 10.1. The van der Waals surface area contributed by atoms with Crippen molar-refractivity contribution in [2.75, 3.05) is 5.75 Å². The van der Waals surface area contributed by atoms with Crippen molar-refractivity contribution in [1.29, 1.82) is 0 Å². The average molecular weight is 280 g/mol. The molecule has 2 nitrogen and oxygen atoms in total. The van der Waals surface area contributed by atoms with Gasteiger partial charge >= 0.3 is 0 Å². The van der Waals surface area contributed by atoms with Crippen molar-refractivity contribution < 1.29 is 8.78 Å². The number of thioether (sulfide) groups is 1. The van der Waals surface area contributed by atoms with Crippen LogP contribution in [0, 0.1) is 11.6 Å². The number of hydrogen-bond acceptors (Lipinski definition) is 3. The first kappa shape index (κ1) is 14.0. The van der Waals surface area contributed by atoms with E-state index in [1.807, 2.05) is 30.3 Å². The van der Waals surface area contributed by atoms with Crippen molar-refractivity contribution in [1.82, 2.24) is 5.43 Å². The third-order valence-corrected chi connectivity index (χ3v) is 3.80. The van der Waals surface area contributed by atoms with Gasteiger partial charge in [0.05, 0.1) is 6.04 Å². The molecule has 0 saturated heterocycles. The van der Waals surface area contributed by atoms with Crippen molar-refractivity contribution in [3.8, 4) is 0 Å². The average Bonchev–Trinajstić information content (AvgIpc) is 2.42. The number of benzene rings is 2. The molecular formula is C14H14F2N2S. The van der Waals surface area contributed by atoms with Crippen LogP contribution in [0.15, 0.2) is 53.4 Å². The Morgan fingerprint density at radius 2 is 1.84 bits per heavy atom. The van der Waals surface area contributed by atoms with Gasteiger partial charge in [0.1, 0.15) is 11.6 Å². The number of halogens is 2. The summed E-state index contributed by atoms with van der Waals surface area (Å²) in [4.78, 5) is 1.07. The number of hydrogen-bond donors (Lipinski definition) is 2. The Morgan fingerprint density at radius 3 is 2.47 bits per heavy atom. The Labute approximate surface area is 115 Å². The van der Waals surface area contributed by atoms with E-state index in [1.54, 1.807) is 11.8 Å². The van der Waals surface area contributed by atoms with Gasteiger partial charge in [-0.1, -0.05) is 24.3 Å². The van der Waals surface area contributed by atoms with Crippen LogP contribution in [-0.2, 0) is 0 Å². The minimum atomic E-state index is -0.590. The monoisotopic (exact) mass is 280 g/mol. The van der Waals surface area contributed by atoms with Crippen LogP contribution < -0.4 is 11.3 Å². The summed E-state index contributed by atoms with van der Waals surface area (Å²) in [5, 5.41) is 0. The molecule has 19 heavy (non-hydrogen) atoms. The molecule has 0 aliphatic carbocycles. The third-order valence-electron chi connectivity index (χ3n) is 2.70. The van der Waals surface area contributed by atoms with Gasteiger partial charge in [0.25, 0.3) is 0 Å². The lowest BCUT2D eigenvalue weighted by Crippen LogP contribution is -2.30. The molecule has 3 N–H and O–H groups in total. The van der Waals surface area contributed by atoms with Crippen molar-refractivity contribution in [2.45, 2.75) is 10.9 Å². The van der Waals surface area contributed by atoms with Gasteiger partial charge in [0, 0.05) is 22.3 Å². The maximum Gasteiger partial charge on any atom is 0.130 e. The SMILES string of the molecule is NNC(CSc1ccccc1)c1ccc(F)cc1F. The van der Waals surface area contributed by atoms with Crippen molar-refractivity contribution in [3.63, 3.8) is 0 Å². The summed E-state index contributed by atoms with van der Waals surface area (Å²) in [5.74, 6) is 4.83. The normalized spacial score (nSPS) is 12.4. The molecule has 0 radical (unpaired) electrons. The van der Waals surface area contributed by atoms with Crippen LogP contribution in [0.3, 0.4) is 0 Å². The molecule has 0 saturated carbocycles. The third kappa shape index (κ3) is 3.76. The minimum Gasteiger partial charge on any atom is -0.271 e. The Hall–Kier alpha value is -1.43. The predicted octanol–water partition coefficient (Wildman–Crippen LogP) is 3.26. The second-order valence-corrected chi connectivity index (χ2v) is 5.10. The number of nitrogens with one attached hydrogen (secondary N) is 1. The summed E-state index contributed by atoms with van der Waals surface area (Å²) in [7, 11) is 0. The van der Waals surface area contributed by atoms with Crippen molar-refractivity contribution >= 4 is 11.8 Å². The Bertz CT molecular complexity index is 534. The minimum absolute atomic E-state index is 0.368. The zero-order chi connectivity index (χ0) is 13.7. The molecule has 0 aliphatic rings. The molecule has 100 valence electrons. The zero-order valence-corrected chi connectivity index (χ0v) is 11.0. The molecule has 0 spiro atoms. The molecule has 2 aromatic carbocycles. The lowest BCUT2D eigenvalue weighted by Gasteiger charge is -2.16. The molecule has 0 fully saturated rings. The Kier molecular flexibility index (Phi) is 4.90. The quantitative estimate of drug-likeness (QED) is 0.501. The number of nitrogens with two attached hydrogens (primary N) is 1. The van der Waals surface area contributed by atoms with Gasteiger partial charge in [0.2, 0.25) is 0 Å². The van der Waals surface area contributed by atoms with Crippen LogP contribution in [0.5, 0.6) is 0 Å². The first-order chi connectivity index (χ1) is 9.20. The van der Waals surface area contributed by atoms with Gasteiger partial charge in [-0.15, -0.1) is 11.8 Å². The molecule has 0 amide bonds. The van der Waals surface area contributed by atoms with E-state index in [0.29, 0.717) is 11.3 Å². The fourth-order valence-electron chi connectivity index (χ4n) is 1.71. The van der Waals surface area contributed by atoms with E-state index in [-0.39, 0.29) is 6.04 Å².